The van der Waals surface area contributed by atoms with Crippen LogP contribution in [0.5, 0.6) is 0 Å². The summed E-state index contributed by atoms with van der Waals surface area (Å²) in [5.74, 6) is 3.14. The van der Waals surface area contributed by atoms with E-state index in [2.05, 4.69) is 39.8 Å². The van der Waals surface area contributed by atoms with Crippen LogP contribution < -0.4 is 0 Å². The maximum atomic E-state index is 2.42. The number of nitrogens with zero attached hydrogens (tertiary/aromatic N) is 1. The first-order valence-electron chi connectivity index (χ1n) is 7.22. The van der Waals surface area contributed by atoms with Crippen molar-refractivity contribution in [2.45, 2.75) is 65.3 Å². The second-order valence-corrected chi connectivity index (χ2v) is 6.14. The molecule has 16 heavy (non-hydrogen) atoms. The minimum absolute atomic E-state index is 0.750. The fourth-order valence-electron chi connectivity index (χ4n) is 2.83. The van der Waals surface area contributed by atoms with E-state index in [1.54, 1.807) is 0 Å². The van der Waals surface area contributed by atoms with Gasteiger partial charge in [0.2, 0.25) is 0 Å². The predicted molar refractivity (Wildman–Crippen MR) is 72.7 cm³/mol. The standard InChI is InChI=1S/C15H31N/c1-6-14(15-11-12(15)2)10-8-7-9-13(3)16(4)5/h12-15H,6-11H2,1-5H3. The van der Waals surface area contributed by atoms with Crippen molar-refractivity contribution in [3.05, 3.63) is 0 Å². The van der Waals surface area contributed by atoms with E-state index >= 15 is 0 Å². The van der Waals surface area contributed by atoms with Crippen molar-refractivity contribution < 1.29 is 0 Å². The fourth-order valence-corrected chi connectivity index (χ4v) is 2.83. The molecule has 0 bridgehead atoms. The molecule has 96 valence electrons. The van der Waals surface area contributed by atoms with E-state index in [4.69, 9.17) is 0 Å². The normalized spacial score (nSPS) is 28.1. The Hall–Kier alpha value is -0.0400. The summed E-state index contributed by atoms with van der Waals surface area (Å²) in [5.41, 5.74) is 0. The molecule has 1 heteroatoms. The van der Waals surface area contributed by atoms with Gasteiger partial charge in [-0.15, -0.1) is 0 Å². The van der Waals surface area contributed by atoms with Crippen LogP contribution in [0.4, 0.5) is 0 Å². The number of hydrogen-bond donors (Lipinski definition) is 0. The van der Waals surface area contributed by atoms with Crippen molar-refractivity contribution in [1.82, 2.24) is 4.90 Å². The topological polar surface area (TPSA) is 3.24 Å². The van der Waals surface area contributed by atoms with Crippen LogP contribution in [0.25, 0.3) is 0 Å². The molecule has 0 amide bonds. The molecule has 4 atom stereocenters. The summed E-state index contributed by atoms with van der Waals surface area (Å²) >= 11 is 0. The molecule has 0 aromatic heterocycles. The maximum Gasteiger partial charge on any atom is 0.00608 e. The van der Waals surface area contributed by atoms with Gasteiger partial charge in [-0.25, -0.2) is 0 Å². The Bertz CT molecular complexity index is 188. The Morgan fingerprint density at radius 3 is 2.19 bits per heavy atom. The average Bonchev–Trinajstić information content (AvgIpc) is 2.95. The minimum Gasteiger partial charge on any atom is -0.307 e. The summed E-state index contributed by atoms with van der Waals surface area (Å²) < 4.78 is 0. The number of hydrogen-bond acceptors (Lipinski definition) is 1. The monoisotopic (exact) mass is 225 g/mol. The van der Waals surface area contributed by atoms with Crippen LogP contribution >= 0.6 is 0 Å². The molecule has 1 saturated carbocycles. The van der Waals surface area contributed by atoms with Crippen molar-refractivity contribution in [1.29, 1.82) is 0 Å². The average molecular weight is 225 g/mol. The lowest BCUT2D eigenvalue weighted by Gasteiger charge is -2.20. The molecule has 1 fully saturated rings. The Labute approximate surface area is 103 Å². The zero-order valence-corrected chi connectivity index (χ0v) is 12.0. The quantitative estimate of drug-likeness (QED) is 0.560. The molecule has 0 spiro atoms. The molecular formula is C15H31N. The first-order valence-corrected chi connectivity index (χ1v) is 7.22. The molecule has 0 radical (unpaired) electrons. The van der Waals surface area contributed by atoms with E-state index < -0.39 is 0 Å². The van der Waals surface area contributed by atoms with E-state index in [0.717, 1.165) is 23.8 Å². The summed E-state index contributed by atoms with van der Waals surface area (Å²) in [6.07, 6.45) is 8.61. The lowest BCUT2D eigenvalue weighted by Crippen LogP contribution is -2.24. The van der Waals surface area contributed by atoms with Crippen LogP contribution in [-0.2, 0) is 0 Å². The molecule has 1 aliphatic carbocycles. The highest BCUT2D eigenvalue weighted by molar-refractivity contribution is 4.87. The van der Waals surface area contributed by atoms with Gasteiger partial charge in [0.05, 0.1) is 0 Å². The van der Waals surface area contributed by atoms with E-state index in [1.165, 1.54) is 38.5 Å². The summed E-state index contributed by atoms with van der Waals surface area (Å²) in [5, 5.41) is 0. The van der Waals surface area contributed by atoms with Gasteiger partial charge in [0.15, 0.2) is 0 Å². The van der Waals surface area contributed by atoms with E-state index in [9.17, 15) is 0 Å². The SMILES string of the molecule is CCC(CCCCC(C)N(C)C)C1CC1C. The van der Waals surface area contributed by atoms with E-state index in [1.807, 2.05) is 0 Å². The van der Waals surface area contributed by atoms with Crippen LogP contribution in [0, 0.1) is 17.8 Å². The zero-order valence-electron chi connectivity index (χ0n) is 12.0. The predicted octanol–water partition coefficient (Wildman–Crippen LogP) is 4.18. The Kier molecular flexibility index (Phi) is 5.82. The van der Waals surface area contributed by atoms with Crippen LogP contribution in [0.15, 0.2) is 0 Å². The Balaban J connectivity index is 2.05. The molecule has 1 nitrogen and oxygen atoms in total. The third-order valence-corrected chi connectivity index (χ3v) is 4.63. The molecule has 1 aliphatic rings. The zero-order chi connectivity index (χ0) is 12.1. The first kappa shape index (κ1) is 14.0. The van der Waals surface area contributed by atoms with Crippen LogP contribution in [0.3, 0.4) is 0 Å². The van der Waals surface area contributed by atoms with Crippen molar-refractivity contribution in [3.63, 3.8) is 0 Å². The van der Waals surface area contributed by atoms with Gasteiger partial charge < -0.3 is 4.90 Å². The molecule has 1 rings (SSSR count). The lowest BCUT2D eigenvalue weighted by atomic mass is 9.92. The van der Waals surface area contributed by atoms with E-state index in [-0.39, 0.29) is 0 Å². The van der Waals surface area contributed by atoms with Crippen molar-refractivity contribution in [2.24, 2.45) is 17.8 Å². The highest BCUT2D eigenvalue weighted by Crippen LogP contribution is 2.46. The van der Waals surface area contributed by atoms with Gasteiger partial charge >= 0.3 is 0 Å². The van der Waals surface area contributed by atoms with Crippen molar-refractivity contribution in [2.75, 3.05) is 14.1 Å². The van der Waals surface area contributed by atoms with Gasteiger partial charge in [-0.1, -0.05) is 39.5 Å². The van der Waals surface area contributed by atoms with Crippen LogP contribution in [-0.4, -0.2) is 25.0 Å². The first-order chi connectivity index (χ1) is 7.56. The summed E-state index contributed by atoms with van der Waals surface area (Å²) in [6.45, 7) is 7.12. The Morgan fingerprint density at radius 1 is 1.19 bits per heavy atom. The smallest absolute Gasteiger partial charge is 0.00608 e. The van der Waals surface area contributed by atoms with E-state index in [0.29, 0.717) is 0 Å². The second kappa shape index (κ2) is 6.64. The third-order valence-electron chi connectivity index (χ3n) is 4.63. The van der Waals surface area contributed by atoms with Crippen LogP contribution in [0.2, 0.25) is 0 Å². The highest BCUT2D eigenvalue weighted by Gasteiger charge is 2.37. The number of unbranched alkanes of at least 4 members (excludes halogenated alkanes) is 1. The fraction of sp³-hybridized carbons (Fsp3) is 1.00. The molecular weight excluding hydrogens is 194 g/mol. The third kappa shape index (κ3) is 4.45. The minimum atomic E-state index is 0.750. The molecule has 0 N–H and O–H groups in total. The molecule has 0 aromatic rings. The second-order valence-electron chi connectivity index (χ2n) is 6.14. The molecule has 0 aromatic carbocycles. The molecule has 0 heterocycles. The van der Waals surface area contributed by atoms with Gasteiger partial charge in [0.1, 0.15) is 0 Å². The van der Waals surface area contributed by atoms with Crippen molar-refractivity contribution in [3.8, 4) is 0 Å². The van der Waals surface area contributed by atoms with Gasteiger partial charge in [0.25, 0.3) is 0 Å². The van der Waals surface area contributed by atoms with Gasteiger partial charge in [-0.05, 0) is 51.6 Å². The summed E-state index contributed by atoms with van der Waals surface area (Å²) in [6, 6.07) is 0.750. The van der Waals surface area contributed by atoms with Gasteiger partial charge in [-0.2, -0.15) is 0 Å². The van der Waals surface area contributed by atoms with Gasteiger partial charge in [0, 0.05) is 6.04 Å². The summed E-state index contributed by atoms with van der Waals surface area (Å²) in [7, 11) is 4.37. The maximum absolute atomic E-state index is 2.42. The molecule has 0 aliphatic heterocycles. The lowest BCUT2D eigenvalue weighted by molar-refractivity contribution is 0.285. The molecule has 0 saturated heterocycles. The summed E-state index contributed by atoms with van der Waals surface area (Å²) in [4.78, 5) is 2.33. The van der Waals surface area contributed by atoms with Crippen molar-refractivity contribution >= 4 is 0 Å². The van der Waals surface area contributed by atoms with Gasteiger partial charge in [-0.3, -0.25) is 0 Å². The molecule has 4 unspecified atom stereocenters. The largest absolute Gasteiger partial charge is 0.307 e. The number of rotatable bonds is 8. The Morgan fingerprint density at radius 2 is 1.75 bits per heavy atom. The highest BCUT2D eigenvalue weighted by atomic mass is 15.1. The van der Waals surface area contributed by atoms with Crippen LogP contribution in [0.1, 0.15) is 59.3 Å².